The second kappa shape index (κ2) is 3.22. The average molecular weight is 206 g/mol. The normalized spacial score (nSPS) is 28.8. The molecule has 0 aromatic heterocycles. The maximum absolute atomic E-state index is 1.50. The lowest BCUT2D eigenvalue weighted by Crippen LogP contribution is -3.00. The molecule has 0 aliphatic carbocycles. The number of piperidine rings is 1. The lowest BCUT2D eigenvalue weighted by Gasteiger charge is -2.48. The predicted octanol–water partition coefficient (Wildman–Crippen LogP) is -1.61. The first-order chi connectivity index (χ1) is 4.41. The second-order valence-electron chi connectivity index (χ2n) is 3.65. The molecule has 2 aliphatic heterocycles. The fourth-order valence-electron chi connectivity index (χ4n) is 2.24. The van der Waals surface area contributed by atoms with E-state index in [-0.39, 0.29) is 17.0 Å². The number of quaternary nitrogens is 1. The van der Waals surface area contributed by atoms with Crippen LogP contribution >= 0.6 is 0 Å². The van der Waals surface area contributed by atoms with Gasteiger partial charge in [-0.3, -0.25) is 0 Å². The van der Waals surface area contributed by atoms with Gasteiger partial charge in [-0.2, -0.15) is 0 Å². The van der Waals surface area contributed by atoms with Crippen LogP contribution in [0.25, 0.3) is 0 Å². The molecular formula is C8H16BrN. The minimum absolute atomic E-state index is 0. The Morgan fingerprint density at radius 1 is 0.600 bits per heavy atom. The van der Waals surface area contributed by atoms with Gasteiger partial charge in [-0.15, -0.1) is 0 Å². The second-order valence-corrected chi connectivity index (χ2v) is 3.65. The fourth-order valence-corrected chi connectivity index (χ4v) is 2.24. The summed E-state index contributed by atoms with van der Waals surface area (Å²) in [7, 11) is 0. The van der Waals surface area contributed by atoms with Gasteiger partial charge in [0.15, 0.2) is 0 Å². The molecule has 2 heteroatoms. The highest BCUT2D eigenvalue weighted by molar-refractivity contribution is 4.60. The Morgan fingerprint density at radius 2 is 1.10 bits per heavy atom. The average Bonchev–Trinajstić information content (AvgIpc) is 1.87. The van der Waals surface area contributed by atoms with E-state index in [4.69, 9.17) is 0 Å². The lowest BCUT2D eigenvalue weighted by molar-refractivity contribution is -0.967. The first kappa shape index (κ1) is 8.54. The van der Waals surface area contributed by atoms with Crippen LogP contribution < -0.4 is 17.0 Å². The Labute approximate surface area is 73.8 Å². The summed E-state index contributed by atoms with van der Waals surface area (Å²) >= 11 is 0. The van der Waals surface area contributed by atoms with Crippen LogP contribution in [0, 0.1) is 0 Å². The van der Waals surface area contributed by atoms with Gasteiger partial charge in [0.25, 0.3) is 0 Å². The molecule has 0 N–H and O–H groups in total. The van der Waals surface area contributed by atoms with Crippen LogP contribution in [0.5, 0.6) is 0 Å². The Kier molecular flexibility index (Phi) is 2.75. The molecular weight excluding hydrogens is 190 g/mol. The molecule has 2 rings (SSSR count). The van der Waals surface area contributed by atoms with Crippen LogP contribution in [-0.4, -0.2) is 30.7 Å². The number of hydrogen-bond donors (Lipinski definition) is 0. The number of nitrogens with zero attached hydrogens (tertiary/aromatic N) is 1. The van der Waals surface area contributed by atoms with E-state index >= 15 is 0 Å². The van der Waals surface area contributed by atoms with Crippen LogP contribution in [-0.2, 0) is 0 Å². The smallest absolute Gasteiger partial charge is 0.0841 e. The Hall–Kier alpha value is 0.440. The van der Waals surface area contributed by atoms with E-state index < -0.39 is 0 Å². The quantitative estimate of drug-likeness (QED) is 0.418. The van der Waals surface area contributed by atoms with E-state index in [1.165, 1.54) is 56.3 Å². The molecule has 0 amide bonds. The third kappa shape index (κ3) is 1.37. The topological polar surface area (TPSA) is 0 Å². The third-order valence-electron chi connectivity index (χ3n) is 3.03. The monoisotopic (exact) mass is 205 g/mol. The van der Waals surface area contributed by atoms with E-state index in [0.29, 0.717) is 0 Å². The van der Waals surface area contributed by atoms with Crippen molar-refractivity contribution in [1.29, 1.82) is 0 Å². The summed E-state index contributed by atoms with van der Waals surface area (Å²) in [5, 5.41) is 0. The van der Waals surface area contributed by atoms with Crippen LogP contribution in [0.2, 0.25) is 0 Å². The molecule has 2 saturated heterocycles. The van der Waals surface area contributed by atoms with Crippen molar-refractivity contribution in [1.82, 2.24) is 0 Å². The SMILES string of the molecule is C1CC[N+]2(CC1)CCC2.[Br-]. The van der Waals surface area contributed by atoms with Gasteiger partial charge in [0.05, 0.1) is 26.2 Å². The van der Waals surface area contributed by atoms with Crippen molar-refractivity contribution >= 4 is 0 Å². The summed E-state index contributed by atoms with van der Waals surface area (Å²) in [6.07, 6.45) is 6.00. The van der Waals surface area contributed by atoms with Gasteiger partial charge in [-0.05, 0) is 19.3 Å². The Bertz CT molecular complexity index is 102. The van der Waals surface area contributed by atoms with Gasteiger partial charge in [0.1, 0.15) is 0 Å². The first-order valence-corrected chi connectivity index (χ1v) is 4.26. The molecule has 0 unspecified atom stereocenters. The van der Waals surface area contributed by atoms with E-state index in [2.05, 4.69) is 0 Å². The van der Waals surface area contributed by atoms with Gasteiger partial charge in [-0.1, -0.05) is 0 Å². The molecule has 0 bridgehead atoms. The zero-order valence-corrected chi connectivity index (χ0v) is 8.07. The van der Waals surface area contributed by atoms with Gasteiger partial charge in [-0.25, -0.2) is 0 Å². The summed E-state index contributed by atoms with van der Waals surface area (Å²) in [5.41, 5.74) is 0. The molecule has 2 fully saturated rings. The van der Waals surface area contributed by atoms with Crippen LogP contribution in [0.3, 0.4) is 0 Å². The number of rotatable bonds is 0. The van der Waals surface area contributed by atoms with Crippen molar-refractivity contribution in [2.24, 2.45) is 0 Å². The first-order valence-electron chi connectivity index (χ1n) is 4.26. The molecule has 0 saturated carbocycles. The van der Waals surface area contributed by atoms with Crippen LogP contribution in [0.1, 0.15) is 25.7 Å². The van der Waals surface area contributed by atoms with Gasteiger partial charge >= 0.3 is 0 Å². The predicted molar refractivity (Wildman–Crippen MR) is 38.2 cm³/mol. The molecule has 0 atom stereocenters. The highest BCUT2D eigenvalue weighted by Gasteiger charge is 2.35. The van der Waals surface area contributed by atoms with E-state index in [1.54, 1.807) is 0 Å². The standard InChI is InChI=1S/C8H16N.BrH/c1-2-5-9(6-3-1)7-4-8-9;/h1-8H2;1H/q+1;/p-1. The largest absolute Gasteiger partial charge is 1.00 e. The van der Waals surface area contributed by atoms with Gasteiger partial charge < -0.3 is 21.5 Å². The van der Waals surface area contributed by atoms with Crippen molar-refractivity contribution in [3.8, 4) is 0 Å². The Balaban J connectivity index is 0.000000500. The fraction of sp³-hybridized carbons (Fsp3) is 1.00. The summed E-state index contributed by atoms with van der Waals surface area (Å²) in [6.45, 7) is 6.00. The lowest BCUT2D eigenvalue weighted by atomic mass is 10.0. The molecule has 2 aliphatic rings. The van der Waals surface area contributed by atoms with E-state index in [0.717, 1.165) is 0 Å². The zero-order valence-electron chi connectivity index (χ0n) is 6.48. The number of hydrogen-bond acceptors (Lipinski definition) is 0. The minimum Gasteiger partial charge on any atom is -1.00 e. The van der Waals surface area contributed by atoms with Crippen molar-refractivity contribution < 1.29 is 21.5 Å². The molecule has 10 heavy (non-hydrogen) atoms. The van der Waals surface area contributed by atoms with Crippen molar-refractivity contribution in [2.75, 3.05) is 26.2 Å². The molecule has 1 spiro atoms. The Morgan fingerprint density at radius 3 is 1.40 bits per heavy atom. The van der Waals surface area contributed by atoms with E-state index in [1.807, 2.05) is 0 Å². The summed E-state index contributed by atoms with van der Waals surface area (Å²) in [5.74, 6) is 0. The molecule has 60 valence electrons. The van der Waals surface area contributed by atoms with Crippen molar-refractivity contribution in [3.05, 3.63) is 0 Å². The molecule has 0 aromatic rings. The van der Waals surface area contributed by atoms with E-state index in [9.17, 15) is 0 Å². The van der Waals surface area contributed by atoms with Crippen LogP contribution in [0.15, 0.2) is 0 Å². The van der Waals surface area contributed by atoms with Gasteiger partial charge in [0.2, 0.25) is 0 Å². The third-order valence-corrected chi connectivity index (χ3v) is 3.03. The molecule has 2 heterocycles. The van der Waals surface area contributed by atoms with Crippen LogP contribution in [0.4, 0.5) is 0 Å². The van der Waals surface area contributed by atoms with Crippen molar-refractivity contribution in [2.45, 2.75) is 25.7 Å². The maximum Gasteiger partial charge on any atom is 0.0841 e. The van der Waals surface area contributed by atoms with Gasteiger partial charge in [0, 0.05) is 6.42 Å². The molecule has 1 nitrogen and oxygen atoms in total. The molecule has 0 radical (unpaired) electrons. The summed E-state index contributed by atoms with van der Waals surface area (Å²) in [4.78, 5) is 0. The maximum atomic E-state index is 1.50. The summed E-state index contributed by atoms with van der Waals surface area (Å²) < 4.78 is 1.50. The molecule has 0 aromatic carbocycles. The highest BCUT2D eigenvalue weighted by Crippen LogP contribution is 2.26. The van der Waals surface area contributed by atoms with Crippen molar-refractivity contribution in [3.63, 3.8) is 0 Å². The minimum atomic E-state index is 0. The zero-order chi connectivity index (χ0) is 6.16. The number of halogens is 1. The summed E-state index contributed by atoms with van der Waals surface area (Å²) in [6, 6.07) is 0. The highest BCUT2D eigenvalue weighted by atomic mass is 79.9.